The maximum absolute atomic E-state index is 11.5. The second kappa shape index (κ2) is 7.47. The lowest BCUT2D eigenvalue weighted by Crippen LogP contribution is -2.24. The molecule has 1 N–H and O–H groups in total. The van der Waals surface area contributed by atoms with Crippen LogP contribution in [0.2, 0.25) is 0 Å². The van der Waals surface area contributed by atoms with E-state index in [2.05, 4.69) is 16.0 Å². The third-order valence-corrected chi connectivity index (χ3v) is 2.77. The van der Waals surface area contributed by atoms with Gasteiger partial charge < -0.3 is 10.1 Å². The first kappa shape index (κ1) is 13.3. The summed E-state index contributed by atoms with van der Waals surface area (Å²) in [6, 6.07) is 3.57. The van der Waals surface area contributed by atoms with Crippen LogP contribution in [-0.4, -0.2) is 25.0 Å². The van der Waals surface area contributed by atoms with E-state index in [4.69, 9.17) is 6.42 Å². The highest BCUT2D eigenvalue weighted by Crippen LogP contribution is 2.07. The Balaban J connectivity index is 2.11. The highest BCUT2D eigenvalue weighted by molar-refractivity contribution is 7.12. The van der Waals surface area contributed by atoms with E-state index in [9.17, 15) is 9.59 Å². The van der Waals surface area contributed by atoms with Gasteiger partial charge in [-0.15, -0.1) is 17.8 Å². The van der Waals surface area contributed by atoms with E-state index in [-0.39, 0.29) is 24.9 Å². The van der Waals surface area contributed by atoms with Gasteiger partial charge in [0.25, 0.3) is 5.91 Å². The molecule has 0 saturated heterocycles. The molecule has 4 nitrogen and oxygen atoms in total. The van der Waals surface area contributed by atoms with Gasteiger partial charge >= 0.3 is 5.97 Å². The molecule has 0 spiro atoms. The largest absolute Gasteiger partial charge is 0.452 e. The minimum atomic E-state index is -0.340. The topological polar surface area (TPSA) is 55.4 Å². The smallest absolute Gasteiger partial charge is 0.306 e. The summed E-state index contributed by atoms with van der Waals surface area (Å²) in [6.07, 6.45) is 5.74. The lowest BCUT2D eigenvalue weighted by atomic mass is 10.3. The standard InChI is InChI=1S/C12H13NO3S/c1-2-8-16-11(14)6-3-7-13-12(15)10-5-4-9-17-10/h1,4-5,9H,3,6-8H2,(H,13,15). The molecule has 0 unspecified atom stereocenters. The molecule has 0 fully saturated rings. The van der Waals surface area contributed by atoms with Crippen molar-refractivity contribution in [3.05, 3.63) is 22.4 Å². The third-order valence-electron chi connectivity index (χ3n) is 1.90. The number of hydrogen-bond acceptors (Lipinski definition) is 4. The van der Waals surface area contributed by atoms with Gasteiger partial charge in [0, 0.05) is 13.0 Å². The minimum absolute atomic E-state index is 0.000385. The molecule has 0 saturated carbocycles. The molecule has 0 aliphatic rings. The Labute approximate surface area is 104 Å². The monoisotopic (exact) mass is 251 g/mol. The zero-order chi connectivity index (χ0) is 12.5. The predicted molar refractivity (Wildman–Crippen MR) is 65.7 cm³/mol. The molecule has 0 atom stereocenters. The molecule has 0 bridgehead atoms. The predicted octanol–water partition coefficient (Wildman–Crippen LogP) is 1.43. The van der Waals surface area contributed by atoms with Crippen LogP contribution in [0.5, 0.6) is 0 Å². The number of rotatable bonds is 6. The third kappa shape index (κ3) is 5.18. The molecule has 0 aliphatic carbocycles. The summed E-state index contributed by atoms with van der Waals surface area (Å²) in [5.74, 6) is 1.76. The van der Waals surface area contributed by atoms with Crippen LogP contribution in [0, 0.1) is 12.3 Å². The van der Waals surface area contributed by atoms with Crippen LogP contribution in [0.25, 0.3) is 0 Å². The number of ether oxygens (including phenoxy) is 1. The van der Waals surface area contributed by atoms with E-state index >= 15 is 0 Å². The maximum Gasteiger partial charge on any atom is 0.306 e. The number of nitrogens with one attached hydrogen (secondary N) is 1. The number of carbonyl (C=O) groups excluding carboxylic acids is 2. The van der Waals surface area contributed by atoms with Crippen molar-refractivity contribution in [1.29, 1.82) is 0 Å². The molecular formula is C12H13NO3S. The Morgan fingerprint density at radius 3 is 3.00 bits per heavy atom. The molecule has 1 rings (SSSR count). The lowest BCUT2D eigenvalue weighted by Gasteiger charge is -2.03. The van der Waals surface area contributed by atoms with Gasteiger partial charge in [0.05, 0.1) is 4.88 Å². The van der Waals surface area contributed by atoms with Gasteiger partial charge in [-0.1, -0.05) is 12.0 Å². The van der Waals surface area contributed by atoms with E-state index < -0.39 is 0 Å². The number of hydrogen-bond donors (Lipinski definition) is 1. The highest BCUT2D eigenvalue weighted by Gasteiger charge is 2.06. The zero-order valence-corrected chi connectivity index (χ0v) is 10.1. The summed E-state index contributed by atoms with van der Waals surface area (Å²) < 4.78 is 4.68. The van der Waals surface area contributed by atoms with E-state index in [0.717, 1.165) is 0 Å². The van der Waals surface area contributed by atoms with Crippen LogP contribution in [0.15, 0.2) is 17.5 Å². The van der Waals surface area contributed by atoms with Crippen molar-refractivity contribution in [2.45, 2.75) is 12.8 Å². The van der Waals surface area contributed by atoms with Gasteiger partial charge in [-0.3, -0.25) is 9.59 Å². The van der Waals surface area contributed by atoms with Crippen molar-refractivity contribution in [1.82, 2.24) is 5.32 Å². The summed E-state index contributed by atoms with van der Waals surface area (Å²) in [4.78, 5) is 23.2. The molecule has 1 heterocycles. The lowest BCUT2D eigenvalue weighted by molar-refractivity contribution is -0.142. The van der Waals surface area contributed by atoms with Crippen molar-refractivity contribution in [3.8, 4) is 12.3 Å². The first-order chi connectivity index (χ1) is 8.24. The van der Waals surface area contributed by atoms with Crippen LogP contribution in [-0.2, 0) is 9.53 Å². The van der Waals surface area contributed by atoms with Crippen molar-refractivity contribution in [2.24, 2.45) is 0 Å². The van der Waals surface area contributed by atoms with Gasteiger partial charge in [-0.2, -0.15) is 0 Å². The van der Waals surface area contributed by atoms with Crippen LogP contribution in [0.3, 0.4) is 0 Å². The summed E-state index contributed by atoms with van der Waals surface area (Å²) in [5.41, 5.74) is 0. The Bertz CT molecular complexity index is 406. The fraction of sp³-hybridized carbons (Fsp3) is 0.333. The van der Waals surface area contributed by atoms with E-state index in [1.54, 1.807) is 6.07 Å². The number of amides is 1. The Morgan fingerprint density at radius 1 is 1.53 bits per heavy atom. The molecule has 5 heteroatoms. The Morgan fingerprint density at radius 2 is 2.35 bits per heavy atom. The number of carbonyl (C=O) groups is 2. The van der Waals surface area contributed by atoms with Gasteiger partial charge in [0.15, 0.2) is 6.61 Å². The van der Waals surface area contributed by atoms with Crippen LogP contribution in [0.1, 0.15) is 22.5 Å². The van der Waals surface area contributed by atoms with Crippen molar-refractivity contribution < 1.29 is 14.3 Å². The SMILES string of the molecule is C#CCOC(=O)CCCNC(=O)c1cccs1. The number of esters is 1. The van der Waals surface area contributed by atoms with Gasteiger partial charge in [-0.25, -0.2) is 0 Å². The second-order valence-electron chi connectivity index (χ2n) is 3.20. The molecule has 0 radical (unpaired) electrons. The van der Waals surface area contributed by atoms with Gasteiger partial charge in [0.2, 0.25) is 0 Å². The molecule has 90 valence electrons. The van der Waals surface area contributed by atoms with E-state index in [1.807, 2.05) is 11.4 Å². The molecule has 1 aromatic rings. The average Bonchev–Trinajstić information content (AvgIpc) is 2.85. The molecule has 0 aromatic carbocycles. The maximum atomic E-state index is 11.5. The van der Waals surface area contributed by atoms with Crippen molar-refractivity contribution >= 4 is 23.2 Å². The quantitative estimate of drug-likeness (QED) is 0.473. The van der Waals surface area contributed by atoms with Gasteiger partial charge in [-0.05, 0) is 17.9 Å². The van der Waals surface area contributed by atoms with Crippen LogP contribution in [0.4, 0.5) is 0 Å². The number of thiophene rings is 1. The molecule has 17 heavy (non-hydrogen) atoms. The zero-order valence-electron chi connectivity index (χ0n) is 9.27. The minimum Gasteiger partial charge on any atom is -0.452 e. The molecule has 1 aromatic heterocycles. The fourth-order valence-corrected chi connectivity index (χ4v) is 1.76. The van der Waals surface area contributed by atoms with Crippen LogP contribution < -0.4 is 5.32 Å². The molecule has 1 amide bonds. The van der Waals surface area contributed by atoms with Crippen molar-refractivity contribution in [3.63, 3.8) is 0 Å². The van der Waals surface area contributed by atoms with Crippen molar-refractivity contribution in [2.75, 3.05) is 13.2 Å². The molecular weight excluding hydrogens is 238 g/mol. The molecule has 0 aliphatic heterocycles. The number of terminal acetylenes is 1. The second-order valence-corrected chi connectivity index (χ2v) is 4.15. The fourth-order valence-electron chi connectivity index (χ4n) is 1.12. The first-order valence-corrected chi connectivity index (χ1v) is 6.03. The Kier molecular flexibility index (Phi) is 5.83. The Hall–Kier alpha value is -1.80. The van der Waals surface area contributed by atoms with Crippen LogP contribution >= 0.6 is 11.3 Å². The summed E-state index contributed by atoms with van der Waals surface area (Å²) in [7, 11) is 0. The average molecular weight is 251 g/mol. The first-order valence-electron chi connectivity index (χ1n) is 5.15. The summed E-state index contributed by atoms with van der Waals surface area (Å²) in [6.45, 7) is 0.447. The highest BCUT2D eigenvalue weighted by atomic mass is 32.1. The normalized spacial score (nSPS) is 9.35. The van der Waals surface area contributed by atoms with E-state index in [1.165, 1.54) is 11.3 Å². The summed E-state index contributed by atoms with van der Waals surface area (Å²) in [5, 5.41) is 4.56. The summed E-state index contributed by atoms with van der Waals surface area (Å²) >= 11 is 1.38. The van der Waals surface area contributed by atoms with E-state index in [0.29, 0.717) is 17.8 Å². The van der Waals surface area contributed by atoms with Gasteiger partial charge in [0.1, 0.15) is 0 Å².